The van der Waals surface area contributed by atoms with E-state index in [0.29, 0.717) is 18.5 Å². The molecule has 0 unspecified atom stereocenters. The molecule has 0 fully saturated rings. The van der Waals surface area contributed by atoms with E-state index in [1.807, 2.05) is 19.1 Å². The predicted octanol–water partition coefficient (Wildman–Crippen LogP) is 2.38. The van der Waals surface area contributed by atoms with Crippen molar-refractivity contribution in [3.63, 3.8) is 0 Å². The molecule has 0 bridgehead atoms. The van der Waals surface area contributed by atoms with Crippen LogP contribution in [0.3, 0.4) is 0 Å². The summed E-state index contributed by atoms with van der Waals surface area (Å²) in [5.41, 5.74) is 2.56. The van der Waals surface area contributed by atoms with Crippen molar-refractivity contribution in [2.75, 3.05) is 20.8 Å². The molecule has 0 aliphatic rings. The zero-order chi connectivity index (χ0) is 15.9. The second-order valence-corrected chi connectivity index (χ2v) is 4.88. The Bertz CT molecular complexity index is 642. The fraction of sp³-hybridized carbons (Fsp3) is 0.294. The van der Waals surface area contributed by atoms with E-state index in [4.69, 9.17) is 9.47 Å². The maximum Gasteiger partial charge on any atom is 0.252 e. The van der Waals surface area contributed by atoms with Gasteiger partial charge in [-0.05, 0) is 48.7 Å². The quantitative estimate of drug-likeness (QED) is 0.890. The minimum atomic E-state index is -0.133. The molecular formula is C17H20N2O3. The van der Waals surface area contributed by atoms with Crippen molar-refractivity contribution in [2.24, 2.45) is 0 Å². The summed E-state index contributed by atoms with van der Waals surface area (Å²) in [7, 11) is 3.28. The van der Waals surface area contributed by atoms with Gasteiger partial charge < -0.3 is 14.8 Å². The van der Waals surface area contributed by atoms with Crippen molar-refractivity contribution in [3.8, 4) is 11.5 Å². The number of pyridine rings is 1. The number of nitrogens with zero attached hydrogens (tertiary/aromatic N) is 1. The monoisotopic (exact) mass is 300 g/mol. The van der Waals surface area contributed by atoms with Gasteiger partial charge in [-0.2, -0.15) is 0 Å². The first-order chi connectivity index (χ1) is 10.7. The SMILES string of the molecule is COc1cc(CCNC(=O)c2cccnc2)c(OC)cc1C. The van der Waals surface area contributed by atoms with Gasteiger partial charge in [-0.15, -0.1) is 0 Å². The van der Waals surface area contributed by atoms with Gasteiger partial charge in [0.15, 0.2) is 0 Å². The summed E-state index contributed by atoms with van der Waals surface area (Å²) >= 11 is 0. The number of carbonyl (C=O) groups excluding carboxylic acids is 1. The summed E-state index contributed by atoms with van der Waals surface area (Å²) < 4.78 is 10.7. The lowest BCUT2D eigenvalue weighted by Gasteiger charge is -2.13. The third kappa shape index (κ3) is 3.75. The summed E-state index contributed by atoms with van der Waals surface area (Å²) in [6.07, 6.45) is 3.84. The fourth-order valence-electron chi connectivity index (χ4n) is 2.22. The number of benzene rings is 1. The maximum atomic E-state index is 12.0. The van der Waals surface area contributed by atoms with Gasteiger partial charge in [0.25, 0.3) is 5.91 Å². The van der Waals surface area contributed by atoms with Crippen LogP contribution in [0, 0.1) is 6.92 Å². The van der Waals surface area contributed by atoms with Crippen molar-refractivity contribution in [2.45, 2.75) is 13.3 Å². The molecule has 1 aromatic heterocycles. The second kappa shape index (κ2) is 7.45. The van der Waals surface area contributed by atoms with Crippen LogP contribution >= 0.6 is 0 Å². The third-order valence-corrected chi connectivity index (χ3v) is 3.40. The van der Waals surface area contributed by atoms with Crippen molar-refractivity contribution in [1.82, 2.24) is 10.3 Å². The molecule has 0 atom stereocenters. The Kier molecular flexibility index (Phi) is 5.36. The molecule has 0 radical (unpaired) electrons. The van der Waals surface area contributed by atoms with E-state index in [-0.39, 0.29) is 5.91 Å². The second-order valence-electron chi connectivity index (χ2n) is 4.88. The Labute approximate surface area is 130 Å². The van der Waals surface area contributed by atoms with Crippen molar-refractivity contribution >= 4 is 5.91 Å². The number of nitrogens with one attached hydrogen (secondary N) is 1. The van der Waals surface area contributed by atoms with E-state index in [1.54, 1.807) is 38.7 Å². The number of amides is 1. The van der Waals surface area contributed by atoms with Gasteiger partial charge in [0.2, 0.25) is 0 Å². The van der Waals surface area contributed by atoms with E-state index in [9.17, 15) is 4.79 Å². The molecule has 1 heterocycles. The van der Waals surface area contributed by atoms with Gasteiger partial charge in [-0.1, -0.05) is 0 Å². The van der Waals surface area contributed by atoms with Gasteiger partial charge >= 0.3 is 0 Å². The fourth-order valence-corrected chi connectivity index (χ4v) is 2.22. The molecule has 0 saturated carbocycles. The molecule has 1 amide bonds. The van der Waals surface area contributed by atoms with Gasteiger partial charge in [0, 0.05) is 18.9 Å². The maximum absolute atomic E-state index is 12.0. The number of aryl methyl sites for hydroxylation is 1. The summed E-state index contributed by atoms with van der Waals surface area (Å²) in [4.78, 5) is 15.9. The highest BCUT2D eigenvalue weighted by molar-refractivity contribution is 5.93. The molecule has 0 saturated heterocycles. The van der Waals surface area contributed by atoms with Crippen LogP contribution in [-0.4, -0.2) is 31.7 Å². The molecule has 5 heteroatoms. The zero-order valence-electron chi connectivity index (χ0n) is 13.1. The van der Waals surface area contributed by atoms with Crippen LogP contribution < -0.4 is 14.8 Å². The molecule has 1 aromatic carbocycles. The third-order valence-electron chi connectivity index (χ3n) is 3.40. The molecule has 22 heavy (non-hydrogen) atoms. The molecular weight excluding hydrogens is 280 g/mol. The number of hydrogen-bond donors (Lipinski definition) is 1. The summed E-state index contributed by atoms with van der Waals surface area (Å²) in [5, 5.41) is 2.88. The van der Waals surface area contributed by atoms with E-state index in [1.165, 1.54) is 0 Å². The lowest BCUT2D eigenvalue weighted by atomic mass is 10.1. The number of carbonyl (C=O) groups is 1. The van der Waals surface area contributed by atoms with Crippen LogP contribution in [0.5, 0.6) is 11.5 Å². The van der Waals surface area contributed by atoms with Crippen molar-refractivity contribution < 1.29 is 14.3 Å². The Morgan fingerprint density at radius 2 is 2.00 bits per heavy atom. The average Bonchev–Trinajstić information content (AvgIpc) is 2.56. The molecule has 2 aromatic rings. The molecule has 0 spiro atoms. The highest BCUT2D eigenvalue weighted by atomic mass is 16.5. The largest absolute Gasteiger partial charge is 0.496 e. The Hall–Kier alpha value is -2.56. The zero-order valence-corrected chi connectivity index (χ0v) is 13.1. The standard InChI is InChI=1S/C17H20N2O3/c1-12-9-16(22-3)13(10-15(12)21-2)6-8-19-17(20)14-5-4-7-18-11-14/h4-5,7,9-11H,6,8H2,1-3H3,(H,19,20). The van der Waals surface area contributed by atoms with Crippen LogP contribution in [0.2, 0.25) is 0 Å². The van der Waals surface area contributed by atoms with E-state index in [2.05, 4.69) is 10.3 Å². The smallest absolute Gasteiger partial charge is 0.252 e. The van der Waals surface area contributed by atoms with Gasteiger partial charge in [-0.25, -0.2) is 0 Å². The number of aromatic nitrogens is 1. The van der Waals surface area contributed by atoms with Gasteiger partial charge in [0.05, 0.1) is 19.8 Å². The molecule has 5 nitrogen and oxygen atoms in total. The first-order valence-electron chi connectivity index (χ1n) is 7.05. The molecule has 0 aliphatic carbocycles. The molecule has 1 N–H and O–H groups in total. The predicted molar refractivity (Wildman–Crippen MR) is 84.6 cm³/mol. The van der Waals surface area contributed by atoms with E-state index < -0.39 is 0 Å². The topological polar surface area (TPSA) is 60.5 Å². The number of ether oxygens (including phenoxy) is 2. The van der Waals surface area contributed by atoms with E-state index >= 15 is 0 Å². The number of rotatable bonds is 6. The van der Waals surface area contributed by atoms with Crippen LogP contribution in [0.15, 0.2) is 36.7 Å². The summed E-state index contributed by atoms with van der Waals surface area (Å²) in [6.45, 7) is 2.48. The Balaban J connectivity index is 2.01. The lowest BCUT2D eigenvalue weighted by molar-refractivity contribution is 0.0953. The first-order valence-corrected chi connectivity index (χ1v) is 7.05. The molecule has 2 rings (SSSR count). The minimum absolute atomic E-state index is 0.133. The molecule has 116 valence electrons. The molecule has 0 aliphatic heterocycles. The first kappa shape index (κ1) is 15.8. The average molecular weight is 300 g/mol. The minimum Gasteiger partial charge on any atom is -0.496 e. The number of hydrogen-bond acceptors (Lipinski definition) is 4. The lowest BCUT2D eigenvalue weighted by Crippen LogP contribution is -2.25. The number of methoxy groups -OCH3 is 2. The Morgan fingerprint density at radius 1 is 1.23 bits per heavy atom. The summed E-state index contributed by atoms with van der Waals surface area (Å²) in [6, 6.07) is 7.36. The summed E-state index contributed by atoms with van der Waals surface area (Å²) in [5.74, 6) is 1.48. The van der Waals surface area contributed by atoms with Gasteiger partial charge in [-0.3, -0.25) is 9.78 Å². The van der Waals surface area contributed by atoms with Crippen LogP contribution in [-0.2, 0) is 6.42 Å². The highest BCUT2D eigenvalue weighted by Gasteiger charge is 2.10. The highest BCUT2D eigenvalue weighted by Crippen LogP contribution is 2.28. The van der Waals surface area contributed by atoms with Crippen molar-refractivity contribution in [1.29, 1.82) is 0 Å². The van der Waals surface area contributed by atoms with Crippen LogP contribution in [0.1, 0.15) is 21.5 Å². The van der Waals surface area contributed by atoms with Crippen molar-refractivity contribution in [3.05, 3.63) is 53.3 Å². The van der Waals surface area contributed by atoms with Crippen LogP contribution in [0.25, 0.3) is 0 Å². The normalized spacial score (nSPS) is 10.1. The van der Waals surface area contributed by atoms with Gasteiger partial charge in [0.1, 0.15) is 11.5 Å². The Morgan fingerprint density at radius 3 is 2.64 bits per heavy atom. The van der Waals surface area contributed by atoms with E-state index in [0.717, 1.165) is 22.6 Å². The van der Waals surface area contributed by atoms with Crippen LogP contribution in [0.4, 0.5) is 0 Å².